The standard InChI is InChI=1S/C31H34N6O8S2/c1-14-12-46-20(11-34-26(39)21(32)16-3-7-18(38)8-4-16)35-23(14)31(44)45-19-9-5-17(6-10-19)22(33)27(40)36-24-28(41)37-25(30(42)43)15(2)13-47-29(24)37/h3-10,20-22,24,29,35,38H,11-13,32-33H2,1-2H3,(H,34,39)(H,36,40)(H,42,43)/t20?,21-,22-,24-,29-/m1/s1. The normalized spacial score (nSPS) is 21.9. The smallest absolute Gasteiger partial charge is 0.359 e. The van der Waals surface area contributed by atoms with E-state index in [1.807, 2.05) is 0 Å². The number of benzene rings is 2. The number of nitrogens with one attached hydrogen (secondary N) is 3. The lowest BCUT2D eigenvalue weighted by molar-refractivity contribution is -0.150. The van der Waals surface area contributed by atoms with Crippen LogP contribution in [0.4, 0.5) is 0 Å². The molecule has 3 aliphatic rings. The number of carbonyl (C=O) groups excluding carboxylic acids is 4. The summed E-state index contributed by atoms with van der Waals surface area (Å²) < 4.78 is 5.56. The summed E-state index contributed by atoms with van der Waals surface area (Å²) in [5.74, 6) is -2.11. The van der Waals surface area contributed by atoms with Crippen molar-refractivity contribution in [3.8, 4) is 11.5 Å². The Morgan fingerprint density at radius 3 is 2.19 bits per heavy atom. The quantitative estimate of drug-likeness (QED) is 0.105. The maximum Gasteiger partial charge on any atom is 0.359 e. The summed E-state index contributed by atoms with van der Waals surface area (Å²) in [6.07, 6.45) is 0. The second-order valence-electron chi connectivity index (χ2n) is 11.2. The summed E-state index contributed by atoms with van der Waals surface area (Å²) in [5, 5.41) is 26.6. The molecule has 0 saturated carbocycles. The molecule has 0 bridgehead atoms. The third-order valence-electron chi connectivity index (χ3n) is 7.83. The number of phenols is 1. The highest BCUT2D eigenvalue weighted by molar-refractivity contribution is 8.00. The van der Waals surface area contributed by atoms with Gasteiger partial charge in [-0.15, -0.1) is 23.5 Å². The van der Waals surface area contributed by atoms with E-state index in [1.54, 1.807) is 26.0 Å². The maximum absolute atomic E-state index is 13.1. The van der Waals surface area contributed by atoms with E-state index in [-0.39, 0.29) is 34.8 Å². The summed E-state index contributed by atoms with van der Waals surface area (Å²) in [6, 6.07) is 9.15. The van der Waals surface area contributed by atoms with Gasteiger partial charge in [0.05, 0.1) is 5.37 Å². The minimum atomic E-state index is -1.19. The van der Waals surface area contributed by atoms with Crippen LogP contribution in [0, 0.1) is 0 Å². The lowest BCUT2D eigenvalue weighted by Gasteiger charge is -2.49. The van der Waals surface area contributed by atoms with Gasteiger partial charge in [0.2, 0.25) is 11.8 Å². The summed E-state index contributed by atoms with van der Waals surface area (Å²) in [5.41, 5.74) is 14.7. The van der Waals surface area contributed by atoms with E-state index in [2.05, 4.69) is 16.0 Å². The second-order valence-corrected chi connectivity index (χ2v) is 13.5. The van der Waals surface area contributed by atoms with Crippen LogP contribution in [0.1, 0.15) is 37.1 Å². The number of aromatic hydroxyl groups is 1. The third kappa shape index (κ3) is 7.25. The number of phenolic OH excluding ortho intramolecular Hbond substituents is 1. The molecule has 248 valence electrons. The van der Waals surface area contributed by atoms with E-state index in [4.69, 9.17) is 16.2 Å². The first-order valence-electron chi connectivity index (χ1n) is 14.5. The van der Waals surface area contributed by atoms with Crippen molar-refractivity contribution in [2.24, 2.45) is 11.5 Å². The van der Waals surface area contributed by atoms with Crippen molar-refractivity contribution in [3.05, 3.63) is 82.2 Å². The van der Waals surface area contributed by atoms with Crippen molar-refractivity contribution in [2.75, 3.05) is 18.1 Å². The molecule has 0 aliphatic carbocycles. The van der Waals surface area contributed by atoms with Crippen molar-refractivity contribution in [1.29, 1.82) is 0 Å². The Balaban J connectivity index is 1.12. The highest BCUT2D eigenvalue weighted by Gasteiger charge is 2.54. The number of ether oxygens (including phenoxy) is 1. The SMILES string of the molecule is CC1=C(C(=O)Oc2ccc([C@@H](N)C(=O)N[C@@H]3C(=O)N4C(C(=O)O)=C(C)CS[C@H]34)cc2)NC(CNC(=O)[C@H](N)c2ccc(O)cc2)SC1. The monoisotopic (exact) mass is 682 g/mol. The van der Waals surface area contributed by atoms with Crippen LogP contribution in [-0.2, 0) is 24.0 Å². The topological polar surface area (TPSA) is 226 Å². The molecule has 47 heavy (non-hydrogen) atoms. The van der Waals surface area contributed by atoms with Crippen LogP contribution in [-0.4, -0.2) is 79.6 Å². The van der Waals surface area contributed by atoms with E-state index in [9.17, 15) is 34.2 Å². The number of nitrogens with zero attached hydrogens (tertiary/aromatic N) is 1. The Labute approximate surface area is 278 Å². The molecule has 3 amide bonds. The fourth-order valence-electron chi connectivity index (χ4n) is 5.17. The molecule has 2 aromatic carbocycles. The lowest BCUT2D eigenvalue weighted by Crippen LogP contribution is -2.71. The Morgan fingerprint density at radius 1 is 0.957 bits per heavy atom. The molecular weight excluding hydrogens is 649 g/mol. The molecule has 1 saturated heterocycles. The van der Waals surface area contributed by atoms with Crippen molar-refractivity contribution in [2.45, 2.75) is 42.7 Å². The Kier molecular flexibility index (Phi) is 10.1. The number of esters is 1. The van der Waals surface area contributed by atoms with E-state index < -0.39 is 53.2 Å². The highest BCUT2D eigenvalue weighted by atomic mass is 32.2. The van der Waals surface area contributed by atoms with Crippen LogP contribution < -0.4 is 32.2 Å². The fourth-order valence-corrected chi connectivity index (χ4v) is 7.46. The number of nitrogens with two attached hydrogens (primary N) is 2. The minimum Gasteiger partial charge on any atom is -0.508 e. The Morgan fingerprint density at radius 2 is 1.55 bits per heavy atom. The van der Waals surface area contributed by atoms with Crippen LogP contribution in [0.5, 0.6) is 11.5 Å². The molecular formula is C31H34N6O8S2. The number of aliphatic carboxylic acids is 1. The highest BCUT2D eigenvalue weighted by Crippen LogP contribution is 2.40. The van der Waals surface area contributed by atoms with Gasteiger partial charge in [0.1, 0.15) is 46.4 Å². The van der Waals surface area contributed by atoms with Gasteiger partial charge >= 0.3 is 11.9 Å². The van der Waals surface area contributed by atoms with Gasteiger partial charge in [-0.2, -0.15) is 0 Å². The second kappa shape index (κ2) is 14.1. The number of carbonyl (C=O) groups is 5. The van der Waals surface area contributed by atoms with E-state index in [0.29, 0.717) is 28.2 Å². The predicted octanol–water partition coefficient (Wildman–Crippen LogP) is 0.809. The fraction of sp³-hybridized carbons (Fsp3) is 0.323. The van der Waals surface area contributed by atoms with Gasteiger partial charge in [0.25, 0.3) is 5.91 Å². The number of rotatable bonds is 10. The molecule has 5 atom stereocenters. The van der Waals surface area contributed by atoms with Gasteiger partial charge in [-0.05, 0) is 60.4 Å². The average molecular weight is 683 g/mol. The number of β-lactam (4-membered cyclic amide) rings is 1. The lowest BCUT2D eigenvalue weighted by atomic mass is 10.0. The predicted molar refractivity (Wildman–Crippen MR) is 174 cm³/mol. The first-order valence-corrected chi connectivity index (χ1v) is 16.6. The number of thioether (sulfide) groups is 2. The molecule has 1 unspecified atom stereocenters. The van der Waals surface area contributed by atoms with Crippen LogP contribution in [0.3, 0.4) is 0 Å². The zero-order valence-electron chi connectivity index (χ0n) is 25.4. The van der Waals surface area contributed by atoms with Crippen LogP contribution >= 0.6 is 23.5 Å². The van der Waals surface area contributed by atoms with Crippen LogP contribution in [0.25, 0.3) is 0 Å². The molecule has 1 fully saturated rings. The van der Waals surface area contributed by atoms with Gasteiger partial charge in [-0.25, -0.2) is 9.59 Å². The van der Waals surface area contributed by atoms with Crippen molar-refractivity contribution >= 4 is 53.2 Å². The van der Waals surface area contributed by atoms with Crippen LogP contribution in [0.2, 0.25) is 0 Å². The molecule has 0 spiro atoms. The van der Waals surface area contributed by atoms with E-state index >= 15 is 0 Å². The summed E-state index contributed by atoms with van der Waals surface area (Å²) >= 11 is 2.87. The summed E-state index contributed by atoms with van der Waals surface area (Å²) in [6.45, 7) is 3.64. The van der Waals surface area contributed by atoms with E-state index in [1.165, 1.54) is 64.8 Å². The molecule has 3 aliphatic heterocycles. The van der Waals surface area contributed by atoms with Gasteiger partial charge in [0, 0.05) is 18.1 Å². The van der Waals surface area contributed by atoms with Crippen molar-refractivity contribution < 1.29 is 38.9 Å². The molecule has 16 heteroatoms. The molecule has 0 aromatic heterocycles. The number of carboxylic acids is 1. The molecule has 9 N–H and O–H groups in total. The largest absolute Gasteiger partial charge is 0.508 e. The molecule has 5 rings (SSSR count). The number of hydrogen-bond acceptors (Lipinski definition) is 12. The number of amides is 3. The third-order valence-corrected chi connectivity index (χ3v) is 10.5. The summed E-state index contributed by atoms with van der Waals surface area (Å²) in [4.78, 5) is 64.1. The number of hydrogen-bond donors (Lipinski definition) is 7. The Bertz CT molecular complexity index is 1660. The van der Waals surface area contributed by atoms with Gasteiger partial charge in [-0.3, -0.25) is 19.3 Å². The van der Waals surface area contributed by atoms with Crippen LogP contribution in [0.15, 0.2) is 71.1 Å². The van der Waals surface area contributed by atoms with Crippen molar-refractivity contribution in [3.63, 3.8) is 0 Å². The first kappa shape index (κ1) is 33.8. The summed E-state index contributed by atoms with van der Waals surface area (Å²) in [7, 11) is 0. The maximum atomic E-state index is 13.1. The van der Waals surface area contributed by atoms with Gasteiger partial charge < -0.3 is 42.4 Å². The minimum absolute atomic E-state index is 0.0548. The molecule has 2 aromatic rings. The average Bonchev–Trinajstić information content (AvgIpc) is 3.06. The zero-order chi connectivity index (χ0) is 34.0. The first-order chi connectivity index (χ1) is 22.3. The van der Waals surface area contributed by atoms with Gasteiger partial charge in [-0.1, -0.05) is 24.3 Å². The van der Waals surface area contributed by atoms with Gasteiger partial charge in [0.15, 0.2) is 0 Å². The number of carboxylic acid groups (broad SMARTS) is 1. The molecule has 3 heterocycles. The van der Waals surface area contributed by atoms with Crippen molar-refractivity contribution in [1.82, 2.24) is 20.9 Å². The number of fused-ring (bicyclic) bond motifs is 1. The van der Waals surface area contributed by atoms with E-state index in [0.717, 1.165) is 5.57 Å². The molecule has 0 radical (unpaired) electrons. The Hall–Kier alpha value is -4.51. The zero-order valence-corrected chi connectivity index (χ0v) is 27.0. The molecule has 14 nitrogen and oxygen atoms in total.